The molecule has 126 valence electrons. The van der Waals surface area contributed by atoms with Gasteiger partial charge < -0.3 is 9.80 Å². The number of rotatable bonds is 2. The van der Waals surface area contributed by atoms with E-state index < -0.39 is 0 Å². The molecule has 1 aromatic heterocycles. The van der Waals surface area contributed by atoms with E-state index in [0.29, 0.717) is 42.6 Å². The monoisotopic (exact) mass is 366 g/mol. The molecule has 0 aliphatic carbocycles. The number of carbonyl (C=O) groups excluding carboxylic acids is 1. The smallest absolute Gasteiger partial charge is 0.292 e. The first-order valence-corrected chi connectivity index (χ1v) is 8.27. The summed E-state index contributed by atoms with van der Waals surface area (Å²) >= 11 is 12.2. The largest absolute Gasteiger partial charge is 0.365 e. The van der Waals surface area contributed by atoms with E-state index in [0.717, 1.165) is 0 Å². The number of carbonyl (C=O) groups is 1. The Kier molecular flexibility index (Phi) is 4.78. The highest BCUT2D eigenvalue weighted by Gasteiger charge is 2.22. The number of benzene rings is 1. The quantitative estimate of drug-likeness (QED) is 0.817. The standard InChI is InChI=1S/C16H16Cl2N4O2/c1-11(23)20-6-8-21(9-7-20)14-10-19-22(16(24)15(14)18)13-4-2-12(17)3-5-13/h2-5,10H,6-9H2,1H3. The summed E-state index contributed by atoms with van der Waals surface area (Å²) in [5.74, 6) is 0.0528. The van der Waals surface area contributed by atoms with Gasteiger partial charge in [0.25, 0.3) is 5.56 Å². The molecule has 0 radical (unpaired) electrons. The van der Waals surface area contributed by atoms with Crippen LogP contribution in [-0.2, 0) is 4.79 Å². The van der Waals surface area contributed by atoms with Gasteiger partial charge in [0.1, 0.15) is 5.02 Å². The van der Waals surface area contributed by atoms with Gasteiger partial charge in [-0.15, -0.1) is 0 Å². The second kappa shape index (κ2) is 6.83. The minimum Gasteiger partial charge on any atom is -0.365 e. The lowest BCUT2D eigenvalue weighted by molar-refractivity contribution is -0.129. The van der Waals surface area contributed by atoms with E-state index in [1.54, 1.807) is 42.3 Å². The maximum absolute atomic E-state index is 12.5. The molecule has 1 aromatic carbocycles. The zero-order valence-electron chi connectivity index (χ0n) is 13.1. The van der Waals surface area contributed by atoms with Gasteiger partial charge in [-0.05, 0) is 24.3 Å². The molecular formula is C16H16Cl2N4O2. The number of piperazine rings is 1. The van der Waals surface area contributed by atoms with E-state index in [2.05, 4.69) is 5.10 Å². The van der Waals surface area contributed by atoms with Crippen molar-refractivity contribution in [2.45, 2.75) is 6.92 Å². The second-order valence-corrected chi connectivity index (χ2v) is 6.34. The van der Waals surface area contributed by atoms with E-state index in [1.165, 1.54) is 4.68 Å². The number of hydrogen-bond donors (Lipinski definition) is 0. The van der Waals surface area contributed by atoms with Crippen LogP contribution in [0.2, 0.25) is 10.0 Å². The third-order valence-electron chi connectivity index (χ3n) is 4.04. The highest BCUT2D eigenvalue weighted by molar-refractivity contribution is 6.33. The van der Waals surface area contributed by atoms with Gasteiger partial charge in [0, 0.05) is 38.1 Å². The minimum absolute atomic E-state index is 0.0528. The summed E-state index contributed by atoms with van der Waals surface area (Å²) in [6.07, 6.45) is 1.59. The lowest BCUT2D eigenvalue weighted by atomic mass is 10.2. The summed E-state index contributed by atoms with van der Waals surface area (Å²) in [5, 5.41) is 4.93. The van der Waals surface area contributed by atoms with E-state index in [9.17, 15) is 9.59 Å². The van der Waals surface area contributed by atoms with Crippen molar-refractivity contribution in [2.75, 3.05) is 31.1 Å². The fourth-order valence-corrected chi connectivity index (χ4v) is 3.05. The molecule has 0 unspecified atom stereocenters. The average molecular weight is 367 g/mol. The van der Waals surface area contributed by atoms with Gasteiger partial charge in [0.05, 0.1) is 17.6 Å². The second-order valence-electron chi connectivity index (χ2n) is 5.53. The van der Waals surface area contributed by atoms with Crippen LogP contribution in [0.1, 0.15) is 6.92 Å². The maximum Gasteiger partial charge on any atom is 0.292 e. The van der Waals surface area contributed by atoms with Gasteiger partial charge in [-0.3, -0.25) is 9.59 Å². The van der Waals surface area contributed by atoms with Crippen molar-refractivity contribution < 1.29 is 4.79 Å². The molecule has 2 aromatic rings. The third kappa shape index (κ3) is 3.25. The van der Waals surface area contributed by atoms with Gasteiger partial charge in [0.2, 0.25) is 5.91 Å². The zero-order valence-corrected chi connectivity index (χ0v) is 14.6. The third-order valence-corrected chi connectivity index (χ3v) is 4.64. The summed E-state index contributed by atoms with van der Waals surface area (Å²) < 4.78 is 1.24. The predicted octanol–water partition coefficient (Wildman–Crippen LogP) is 2.21. The number of amides is 1. The molecule has 6 nitrogen and oxygen atoms in total. The molecule has 8 heteroatoms. The van der Waals surface area contributed by atoms with Crippen LogP contribution in [0.3, 0.4) is 0 Å². The Morgan fingerprint density at radius 2 is 1.71 bits per heavy atom. The van der Waals surface area contributed by atoms with E-state index >= 15 is 0 Å². The number of nitrogens with zero attached hydrogens (tertiary/aromatic N) is 4. The molecule has 0 spiro atoms. The van der Waals surface area contributed by atoms with Crippen LogP contribution in [0.4, 0.5) is 5.69 Å². The van der Waals surface area contributed by atoms with E-state index in [4.69, 9.17) is 23.2 Å². The molecule has 1 amide bonds. The van der Waals surface area contributed by atoms with Crippen LogP contribution in [0.25, 0.3) is 5.69 Å². The molecule has 24 heavy (non-hydrogen) atoms. The molecule has 0 saturated carbocycles. The van der Waals surface area contributed by atoms with Crippen LogP contribution in [-0.4, -0.2) is 46.8 Å². The molecule has 0 N–H and O–H groups in total. The fraction of sp³-hybridized carbons (Fsp3) is 0.312. The van der Waals surface area contributed by atoms with Crippen molar-refractivity contribution in [3.63, 3.8) is 0 Å². The van der Waals surface area contributed by atoms with Gasteiger partial charge in [-0.25, -0.2) is 0 Å². The number of halogens is 2. The number of anilines is 1. The molecule has 0 bridgehead atoms. The van der Waals surface area contributed by atoms with Crippen molar-refractivity contribution in [3.05, 3.63) is 50.9 Å². The lowest BCUT2D eigenvalue weighted by Gasteiger charge is -2.35. The zero-order chi connectivity index (χ0) is 17.3. The van der Waals surface area contributed by atoms with Gasteiger partial charge in [-0.2, -0.15) is 9.78 Å². The van der Waals surface area contributed by atoms with Gasteiger partial charge >= 0.3 is 0 Å². The first-order chi connectivity index (χ1) is 11.5. The molecule has 1 aliphatic heterocycles. The summed E-state index contributed by atoms with van der Waals surface area (Å²) in [7, 11) is 0. The lowest BCUT2D eigenvalue weighted by Crippen LogP contribution is -2.48. The molecular weight excluding hydrogens is 351 g/mol. The molecule has 2 heterocycles. The van der Waals surface area contributed by atoms with Gasteiger partial charge in [0.15, 0.2) is 0 Å². The van der Waals surface area contributed by atoms with Crippen molar-refractivity contribution in [3.8, 4) is 5.69 Å². The molecule has 1 fully saturated rings. The van der Waals surface area contributed by atoms with Crippen molar-refractivity contribution in [1.82, 2.24) is 14.7 Å². The summed E-state index contributed by atoms with van der Waals surface area (Å²) in [6.45, 7) is 3.99. The molecule has 0 atom stereocenters. The highest BCUT2D eigenvalue weighted by Crippen LogP contribution is 2.23. The van der Waals surface area contributed by atoms with Crippen LogP contribution in [0.15, 0.2) is 35.3 Å². The van der Waals surface area contributed by atoms with E-state index in [-0.39, 0.29) is 16.5 Å². The Morgan fingerprint density at radius 3 is 2.29 bits per heavy atom. The SMILES string of the molecule is CC(=O)N1CCN(c2cnn(-c3ccc(Cl)cc3)c(=O)c2Cl)CC1. The maximum atomic E-state index is 12.5. The topological polar surface area (TPSA) is 58.4 Å². The summed E-state index contributed by atoms with van der Waals surface area (Å²) in [6, 6.07) is 6.79. The Morgan fingerprint density at radius 1 is 1.08 bits per heavy atom. The highest BCUT2D eigenvalue weighted by atomic mass is 35.5. The van der Waals surface area contributed by atoms with Crippen molar-refractivity contribution >= 4 is 34.8 Å². The predicted molar refractivity (Wildman–Crippen MR) is 94.3 cm³/mol. The number of aromatic nitrogens is 2. The van der Waals surface area contributed by atoms with Crippen LogP contribution in [0.5, 0.6) is 0 Å². The summed E-state index contributed by atoms with van der Waals surface area (Å²) in [5.41, 5.74) is 0.805. The van der Waals surface area contributed by atoms with Crippen LogP contribution >= 0.6 is 23.2 Å². The molecule has 1 aliphatic rings. The number of hydrogen-bond acceptors (Lipinski definition) is 4. The van der Waals surface area contributed by atoms with Crippen molar-refractivity contribution in [1.29, 1.82) is 0 Å². The molecule has 1 saturated heterocycles. The van der Waals surface area contributed by atoms with Crippen LogP contribution < -0.4 is 10.5 Å². The van der Waals surface area contributed by atoms with Crippen molar-refractivity contribution in [2.24, 2.45) is 0 Å². The summed E-state index contributed by atoms with van der Waals surface area (Å²) in [4.78, 5) is 27.7. The normalized spacial score (nSPS) is 14.8. The minimum atomic E-state index is -0.384. The molecule has 3 rings (SSSR count). The van der Waals surface area contributed by atoms with Gasteiger partial charge in [-0.1, -0.05) is 23.2 Å². The first kappa shape index (κ1) is 16.8. The van der Waals surface area contributed by atoms with Crippen LogP contribution in [0, 0.1) is 0 Å². The Hall–Kier alpha value is -2.05. The average Bonchev–Trinajstić information content (AvgIpc) is 2.58. The Bertz CT molecular complexity index is 812. The Labute approximate surface area is 149 Å². The van der Waals surface area contributed by atoms with E-state index in [1.807, 2.05) is 4.90 Å². The fourth-order valence-electron chi connectivity index (χ4n) is 2.67. The Balaban J connectivity index is 1.87. The first-order valence-electron chi connectivity index (χ1n) is 7.51.